The highest BCUT2D eigenvalue weighted by Gasteiger charge is 2.06. The maximum Gasteiger partial charge on any atom is 0.326 e. The molecule has 1 aromatic carbocycles. The normalized spacial score (nSPS) is 10.6. The molecular formula is C12H16N4O2. The maximum atomic E-state index is 11.7. The van der Waals surface area contributed by atoms with E-state index in [-0.39, 0.29) is 11.7 Å². The zero-order chi connectivity index (χ0) is 13.1. The van der Waals surface area contributed by atoms with E-state index < -0.39 is 0 Å². The molecular weight excluding hydrogens is 232 g/mol. The Kier molecular flexibility index (Phi) is 3.36. The van der Waals surface area contributed by atoms with E-state index in [0.29, 0.717) is 13.1 Å². The van der Waals surface area contributed by atoms with Crippen LogP contribution in [0.25, 0.3) is 11.0 Å². The highest BCUT2D eigenvalue weighted by Crippen LogP contribution is 2.08. The number of benzene rings is 1. The number of carbonyl (C=O) groups excluding carboxylic acids is 1. The summed E-state index contributed by atoms with van der Waals surface area (Å²) in [4.78, 5) is 27.3. The average molecular weight is 248 g/mol. The van der Waals surface area contributed by atoms with Gasteiger partial charge >= 0.3 is 11.7 Å². The Hall–Kier alpha value is -2.24. The van der Waals surface area contributed by atoms with Crippen molar-refractivity contribution in [2.75, 3.05) is 20.6 Å². The lowest BCUT2D eigenvalue weighted by atomic mass is 10.3. The minimum atomic E-state index is -0.164. The Balaban J connectivity index is 2.10. The number of H-pyrrole nitrogens is 1. The van der Waals surface area contributed by atoms with E-state index in [1.165, 1.54) is 4.90 Å². The molecule has 0 radical (unpaired) electrons. The van der Waals surface area contributed by atoms with Gasteiger partial charge < -0.3 is 15.2 Å². The molecule has 2 rings (SSSR count). The van der Waals surface area contributed by atoms with Crippen molar-refractivity contribution < 1.29 is 4.79 Å². The van der Waals surface area contributed by atoms with Gasteiger partial charge in [0.25, 0.3) is 0 Å². The number of para-hydroxylation sites is 2. The average Bonchev–Trinajstić information content (AvgIpc) is 2.65. The monoisotopic (exact) mass is 248 g/mol. The fourth-order valence-electron chi connectivity index (χ4n) is 1.76. The summed E-state index contributed by atoms with van der Waals surface area (Å²) >= 11 is 0. The SMILES string of the molecule is CN(C)C(=O)NCCn1c(=O)[nH]c2ccccc21. The van der Waals surface area contributed by atoms with E-state index in [1.54, 1.807) is 18.7 Å². The molecule has 0 saturated carbocycles. The Bertz CT molecular complexity index is 612. The van der Waals surface area contributed by atoms with Crippen molar-refractivity contribution in [3.8, 4) is 0 Å². The van der Waals surface area contributed by atoms with Crippen LogP contribution in [0, 0.1) is 0 Å². The number of amides is 2. The number of rotatable bonds is 3. The van der Waals surface area contributed by atoms with Gasteiger partial charge in [-0.1, -0.05) is 12.1 Å². The lowest BCUT2D eigenvalue weighted by molar-refractivity contribution is 0.217. The lowest BCUT2D eigenvalue weighted by Crippen LogP contribution is -2.37. The summed E-state index contributed by atoms with van der Waals surface area (Å²) < 4.78 is 1.62. The first-order chi connectivity index (χ1) is 8.59. The molecule has 0 aliphatic rings. The molecule has 2 N–H and O–H groups in total. The molecule has 0 aliphatic carbocycles. The fraction of sp³-hybridized carbons (Fsp3) is 0.333. The van der Waals surface area contributed by atoms with Crippen molar-refractivity contribution in [2.24, 2.45) is 0 Å². The Morgan fingerprint density at radius 2 is 2.11 bits per heavy atom. The summed E-state index contributed by atoms with van der Waals surface area (Å²) in [5, 5.41) is 2.73. The minimum absolute atomic E-state index is 0.157. The number of urea groups is 1. The molecule has 18 heavy (non-hydrogen) atoms. The summed E-state index contributed by atoms with van der Waals surface area (Å²) in [6.07, 6.45) is 0. The van der Waals surface area contributed by atoms with Gasteiger partial charge in [-0.2, -0.15) is 0 Å². The first-order valence-corrected chi connectivity index (χ1v) is 5.72. The van der Waals surface area contributed by atoms with Crippen molar-refractivity contribution >= 4 is 17.1 Å². The van der Waals surface area contributed by atoms with Crippen LogP contribution in [-0.2, 0) is 6.54 Å². The minimum Gasteiger partial charge on any atom is -0.336 e. The van der Waals surface area contributed by atoms with E-state index in [1.807, 2.05) is 24.3 Å². The zero-order valence-corrected chi connectivity index (χ0v) is 10.4. The Morgan fingerprint density at radius 3 is 2.83 bits per heavy atom. The molecule has 0 bridgehead atoms. The van der Waals surface area contributed by atoms with Crippen molar-refractivity contribution in [3.05, 3.63) is 34.7 Å². The number of nitrogens with one attached hydrogen (secondary N) is 2. The van der Waals surface area contributed by atoms with Crippen LogP contribution in [0.4, 0.5) is 4.79 Å². The molecule has 96 valence electrons. The summed E-state index contributed by atoms with van der Waals surface area (Å²) in [5.41, 5.74) is 1.50. The van der Waals surface area contributed by atoms with Crippen LogP contribution in [0.5, 0.6) is 0 Å². The number of hydrogen-bond donors (Lipinski definition) is 2. The molecule has 0 fully saturated rings. The lowest BCUT2D eigenvalue weighted by Gasteiger charge is -2.12. The van der Waals surface area contributed by atoms with Crippen LogP contribution in [0.15, 0.2) is 29.1 Å². The van der Waals surface area contributed by atoms with Crippen LogP contribution < -0.4 is 11.0 Å². The van der Waals surface area contributed by atoms with Crippen molar-refractivity contribution in [1.82, 2.24) is 19.8 Å². The fourth-order valence-corrected chi connectivity index (χ4v) is 1.76. The van der Waals surface area contributed by atoms with E-state index in [2.05, 4.69) is 10.3 Å². The molecule has 0 aliphatic heterocycles. The van der Waals surface area contributed by atoms with Crippen molar-refractivity contribution in [1.29, 1.82) is 0 Å². The van der Waals surface area contributed by atoms with Crippen LogP contribution in [-0.4, -0.2) is 41.1 Å². The number of nitrogens with zero attached hydrogens (tertiary/aromatic N) is 2. The van der Waals surface area contributed by atoms with Crippen LogP contribution >= 0.6 is 0 Å². The van der Waals surface area contributed by atoms with Gasteiger partial charge in [0.15, 0.2) is 0 Å². The van der Waals surface area contributed by atoms with Gasteiger partial charge in [-0.25, -0.2) is 9.59 Å². The second kappa shape index (κ2) is 4.95. The van der Waals surface area contributed by atoms with Gasteiger partial charge in [0, 0.05) is 27.2 Å². The highest BCUT2D eigenvalue weighted by atomic mass is 16.2. The van der Waals surface area contributed by atoms with Gasteiger partial charge in [0.2, 0.25) is 0 Å². The second-order valence-corrected chi connectivity index (χ2v) is 4.23. The topological polar surface area (TPSA) is 70.1 Å². The molecule has 0 saturated heterocycles. The standard InChI is InChI=1S/C12H16N4O2/c1-15(2)11(17)13-7-8-16-10-6-4-3-5-9(10)14-12(16)18/h3-6H,7-8H2,1-2H3,(H,13,17)(H,14,18). The largest absolute Gasteiger partial charge is 0.336 e. The van der Waals surface area contributed by atoms with Crippen molar-refractivity contribution in [3.63, 3.8) is 0 Å². The molecule has 0 unspecified atom stereocenters. The van der Waals surface area contributed by atoms with Crippen molar-refractivity contribution in [2.45, 2.75) is 6.54 Å². The quantitative estimate of drug-likeness (QED) is 0.835. The third-order valence-electron chi connectivity index (χ3n) is 2.70. The Morgan fingerprint density at radius 1 is 1.39 bits per heavy atom. The smallest absolute Gasteiger partial charge is 0.326 e. The van der Waals surface area contributed by atoms with Crippen LogP contribution in [0.1, 0.15) is 0 Å². The molecule has 1 heterocycles. The third-order valence-corrected chi connectivity index (χ3v) is 2.70. The van der Waals surface area contributed by atoms with E-state index in [9.17, 15) is 9.59 Å². The number of hydrogen-bond acceptors (Lipinski definition) is 2. The molecule has 2 amide bonds. The number of aromatic nitrogens is 2. The van der Waals surface area contributed by atoms with Crippen LogP contribution in [0.3, 0.4) is 0 Å². The number of aromatic amines is 1. The third kappa shape index (κ3) is 2.37. The molecule has 6 nitrogen and oxygen atoms in total. The number of carbonyl (C=O) groups is 1. The van der Waals surface area contributed by atoms with Crippen LogP contribution in [0.2, 0.25) is 0 Å². The van der Waals surface area contributed by atoms with Gasteiger partial charge in [-0.05, 0) is 12.1 Å². The van der Waals surface area contributed by atoms with Gasteiger partial charge in [-0.3, -0.25) is 4.57 Å². The molecule has 1 aromatic heterocycles. The summed E-state index contributed by atoms with van der Waals surface area (Å²) in [5.74, 6) is 0. The molecule has 2 aromatic rings. The van der Waals surface area contributed by atoms with Gasteiger partial charge in [0.05, 0.1) is 11.0 Å². The van der Waals surface area contributed by atoms with E-state index in [0.717, 1.165) is 11.0 Å². The summed E-state index contributed by atoms with van der Waals surface area (Å²) in [6, 6.07) is 7.32. The summed E-state index contributed by atoms with van der Waals surface area (Å²) in [6.45, 7) is 0.862. The predicted molar refractivity (Wildman–Crippen MR) is 69.6 cm³/mol. The van der Waals surface area contributed by atoms with Gasteiger partial charge in [0.1, 0.15) is 0 Å². The van der Waals surface area contributed by atoms with Gasteiger partial charge in [-0.15, -0.1) is 0 Å². The second-order valence-electron chi connectivity index (χ2n) is 4.23. The first-order valence-electron chi connectivity index (χ1n) is 5.72. The van der Waals surface area contributed by atoms with E-state index >= 15 is 0 Å². The predicted octanol–water partition coefficient (Wildman–Crippen LogP) is 0.601. The molecule has 0 atom stereocenters. The number of fused-ring (bicyclic) bond motifs is 1. The zero-order valence-electron chi connectivity index (χ0n) is 10.4. The highest BCUT2D eigenvalue weighted by molar-refractivity contribution is 5.75. The molecule has 0 spiro atoms. The Labute approximate surface area is 104 Å². The maximum absolute atomic E-state index is 11.7. The van der Waals surface area contributed by atoms with E-state index in [4.69, 9.17) is 0 Å². The summed E-state index contributed by atoms with van der Waals surface area (Å²) in [7, 11) is 3.35. The number of imidazole rings is 1. The molecule has 6 heteroatoms. The first kappa shape index (κ1) is 12.2.